The van der Waals surface area contributed by atoms with Crippen molar-refractivity contribution in [2.24, 2.45) is 0 Å². The molecule has 5 aliphatic rings. The van der Waals surface area contributed by atoms with Crippen LogP contribution in [0.15, 0.2) is 48.5 Å². The van der Waals surface area contributed by atoms with Gasteiger partial charge in [0.25, 0.3) is 0 Å². The minimum absolute atomic E-state index is 0.0112. The highest BCUT2D eigenvalue weighted by molar-refractivity contribution is 5.64. The van der Waals surface area contributed by atoms with Crippen LogP contribution in [0.2, 0.25) is 0 Å². The zero-order valence-corrected chi connectivity index (χ0v) is 56.1. The molecule has 0 aromatic heterocycles. The number of ether oxygens (including phenoxy) is 8. The monoisotopic (exact) mass is 1210 g/mol. The maximum absolute atomic E-state index is 7.03. The second kappa shape index (κ2) is 38.2. The zero-order chi connectivity index (χ0) is 60.8. The van der Waals surface area contributed by atoms with Crippen LogP contribution in [0.4, 0.5) is 0 Å². The summed E-state index contributed by atoms with van der Waals surface area (Å²) in [7, 11) is 0. The average molecular weight is 1210 g/mol. The first-order valence-electron chi connectivity index (χ1n) is 37.3. The van der Waals surface area contributed by atoms with E-state index in [1.165, 1.54) is 250 Å². The van der Waals surface area contributed by atoms with Crippen molar-refractivity contribution >= 4 is 0 Å². The minimum Gasteiger partial charge on any atom is -0.490 e. The molecule has 0 atom stereocenters. The van der Waals surface area contributed by atoms with Crippen LogP contribution in [-0.2, 0) is 0 Å². The number of unbranched alkanes of at least 4 members (excludes halogenated alkanes) is 32. The number of benzene rings is 4. The fraction of sp³-hybridized carbons (Fsp3) is 0.700. The van der Waals surface area contributed by atoms with E-state index in [1.807, 2.05) is 0 Å². The summed E-state index contributed by atoms with van der Waals surface area (Å²) in [5.41, 5.74) is 10.0. The van der Waals surface area contributed by atoms with E-state index in [2.05, 4.69) is 76.2 Å². The van der Waals surface area contributed by atoms with Crippen LogP contribution in [0.1, 0.15) is 353 Å². The van der Waals surface area contributed by atoms with E-state index in [0.717, 1.165) is 97.4 Å². The highest BCUT2D eigenvalue weighted by Gasteiger charge is 2.36. The molecule has 4 aromatic carbocycles. The molecule has 8 heteroatoms. The lowest BCUT2D eigenvalue weighted by atomic mass is 9.76. The molecule has 8 bridgehead atoms. The molecular weight excluding hydrogens is 1090 g/mol. The van der Waals surface area contributed by atoms with Crippen LogP contribution >= 0.6 is 0 Å². The molecule has 8 nitrogen and oxygen atoms in total. The van der Waals surface area contributed by atoms with E-state index in [-0.39, 0.29) is 23.7 Å². The maximum Gasteiger partial charge on any atom is 0.127 e. The first-order valence-corrected chi connectivity index (χ1v) is 37.3. The third-order valence-electron chi connectivity index (χ3n) is 20.4. The Labute approximate surface area is 535 Å². The molecule has 0 amide bonds. The van der Waals surface area contributed by atoms with Gasteiger partial charge in [-0.25, -0.2) is 0 Å². The average Bonchev–Trinajstić information content (AvgIpc) is 1.30. The van der Waals surface area contributed by atoms with Crippen LogP contribution in [0.25, 0.3) is 0 Å². The van der Waals surface area contributed by atoms with Gasteiger partial charge in [-0.15, -0.1) is 0 Å². The molecule has 0 spiro atoms. The van der Waals surface area contributed by atoms with Crippen molar-refractivity contribution in [1.82, 2.24) is 0 Å². The molecular formula is C80H120O8. The Morgan fingerprint density at radius 1 is 0.193 bits per heavy atom. The molecule has 4 heterocycles. The van der Waals surface area contributed by atoms with Crippen LogP contribution in [0, 0.1) is 0 Å². The molecule has 488 valence electrons. The standard InChI is InChI=1S/C80H120O8/c1-5-9-13-17-21-25-29-33-37-41-61-65-53-67-62(42-38-34-30-26-22-18-14-10-6-2)69-55-71-64(44-40-36-32-28-24-20-16-12-8-4)72-56-70-63(43-39-35-31-27-23-19-15-11-7-3)68-54-66(61)74-58-76(68)84-48-50-86-78(70)60-80(72)88-52-51-87-79(71)59-77(69)85-49-47-83-75(67)57-73(65)81-45-46-82-74/h53-64H,5-52H2,1-4H3. The predicted molar refractivity (Wildman–Crippen MR) is 364 cm³/mol. The number of hydrogen-bond donors (Lipinski definition) is 0. The second-order valence-corrected chi connectivity index (χ2v) is 27.2. The molecule has 0 saturated carbocycles. The Morgan fingerprint density at radius 2 is 0.330 bits per heavy atom. The highest BCUT2D eigenvalue weighted by Crippen LogP contribution is 2.55. The zero-order valence-electron chi connectivity index (χ0n) is 56.1. The fourth-order valence-corrected chi connectivity index (χ4v) is 15.3. The van der Waals surface area contributed by atoms with E-state index < -0.39 is 0 Å². The Bertz CT molecular complexity index is 2160. The normalized spacial score (nSPS) is 18.1. The Kier molecular flexibility index (Phi) is 29.4. The lowest BCUT2D eigenvalue weighted by Crippen LogP contribution is -2.13. The van der Waals surface area contributed by atoms with E-state index in [0.29, 0.717) is 52.9 Å². The van der Waals surface area contributed by atoms with Gasteiger partial charge >= 0.3 is 0 Å². The van der Waals surface area contributed by atoms with Crippen molar-refractivity contribution in [2.45, 2.75) is 308 Å². The Balaban J connectivity index is 1.22. The summed E-state index contributed by atoms with van der Waals surface area (Å²) in [4.78, 5) is 0. The Hall–Kier alpha value is -4.72. The SMILES string of the molecule is CCCCCCCCCCCC1c2cc3c4cc2OCCOc2cc5c(cc21)C(CCCCCCCCCCC)c1cc2c(cc1OCCO5)OCCOc1cc(c(cc1C2CCCCCCCCCCC)C3CCCCCCCCCCC)OCCO4. The van der Waals surface area contributed by atoms with Crippen molar-refractivity contribution in [1.29, 1.82) is 0 Å². The molecule has 0 N–H and O–H groups in total. The summed E-state index contributed by atoms with van der Waals surface area (Å²) in [5.74, 6) is 7.42. The lowest BCUT2D eigenvalue weighted by Gasteiger charge is -2.30. The summed E-state index contributed by atoms with van der Waals surface area (Å²) < 4.78 is 56.2. The third kappa shape index (κ3) is 19.6. The predicted octanol–water partition coefficient (Wildman–Crippen LogP) is 23.3. The van der Waals surface area contributed by atoms with E-state index in [4.69, 9.17) is 37.9 Å². The number of hydrogen-bond acceptors (Lipinski definition) is 8. The summed E-state index contributed by atoms with van der Waals surface area (Å²) >= 11 is 0. The van der Waals surface area contributed by atoms with Gasteiger partial charge in [0.05, 0.1) is 0 Å². The molecule has 9 rings (SSSR count). The number of rotatable bonds is 40. The summed E-state index contributed by atoms with van der Waals surface area (Å²) in [6, 6.07) is 19.4. The van der Waals surface area contributed by atoms with Gasteiger partial charge in [0, 0.05) is 92.4 Å². The van der Waals surface area contributed by atoms with Gasteiger partial charge < -0.3 is 37.9 Å². The summed E-state index contributed by atoms with van der Waals surface area (Å²) in [6.07, 6.45) is 50.2. The van der Waals surface area contributed by atoms with Gasteiger partial charge in [-0.2, -0.15) is 0 Å². The molecule has 1 aliphatic carbocycles. The van der Waals surface area contributed by atoms with E-state index >= 15 is 0 Å². The fourth-order valence-electron chi connectivity index (χ4n) is 15.3. The topological polar surface area (TPSA) is 73.8 Å². The molecule has 4 aliphatic heterocycles. The van der Waals surface area contributed by atoms with Gasteiger partial charge in [0.1, 0.15) is 98.9 Å². The van der Waals surface area contributed by atoms with Gasteiger partial charge in [-0.05, 0) is 49.9 Å². The van der Waals surface area contributed by atoms with Crippen molar-refractivity contribution in [2.75, 3.05) is 52.9 Å². The summed E-state index contributed by atoms with van der Waals surface area (Å²) in [5, 5.41) is 0. The molecule has 0 fully saturated rings. The molecule has 0 saturated heterocycles. The van der Waals surface area contributed by atoms with Crippen LogP contribution in [0.5, 0.6) is 46.0 Å². The van der Waals surface area contributed by atoms with E-state index in [1.54, 1.807) is 0 Å². The Morgan fingerprint density at radius 3 is 0.477 bits per heavy atom. The molecule has 0 unspecified atom stereocenters. The third-order valence-corrected chi connectivity index (χ3v) is 20.4. The maximum atomic E-state index is 7.03. The smallest absolute Gasteiger partial charge is 0.127 e. The van der Waals surface area contributed by atoms with Crippen molar-refractivity contribution < 1.29 is 37.9 Å². The molecule has 0 radical (unpaired) electrons. The molecule has 88 heavy (non-hydrogen) atoms. The lowest BCUT2D eigenvalue weighted by molar-refractivity contribution is 0.204. The largest absolute Gasteiger partial charge is 0.490 e. The van der Waals surface area contributed by atoms with Crippen molar-refractivity contribution in [3.63, 3.8) is 0 Å². The quantitative estimate of drug-likeness (QED) is 0.0408. The highest BCUT2D eigenvalue weighted by atomic mass is 16.5. The van der Waals surface area contributed by atoms with E-state index in [9.17, 15) is 0 Å². The van der Waals surface area contributed by atoms with Gasteiger partial charge in [-0.1, -0.05) is 259 Å². The van der Waals surface area contributed by atoms with Crippen LogP contribution in [-0.4, -0.2) is 52.9 Å². The van der Waals surface area contributed by atoms with Gasteiger partial charge in [0.2, 0.25) is 0 Å². The van der Waals surface area contributed by atoms with Crippen LogP contribution < -0.4 is 37.9 Å². The second-order valence-electron chi connectivity index (χ2n) is 27.2. The first kappa shape index (κ1) is 67.7. The van der Waals surface area contributed by atoms with Crippen molar-refractivity contribution in [3.05, 3.63) is 93.0 Å². The minimum atomic E-state index is 0.0112. The summed E-state index contributed by atoms with van der Waals surface area (Å²) in [6.45, 7) is 12.7. The van der Waals surface area contributed by atoms with Gasteiger partial charge in [-0.3, -0.25) is 0 Å². The van der Waals surface area contributed by atoms with Crippen molar-refractivity contribution in [3.8, 4) is 46.0 Å². The molecule has 4 aromatic rings. The van der Waals surface area contributed by atoms with Gasteiger partial charge in [0.15, 0.2) is 0 Å². The van der Waals surface area contributed by atoms with Crippen LogP contribution in [0.3, 0.4) is 0 Å². The first-order chi connectivity index (χ1) is 43.6.